The predicted molar refractivity (Wildman–Crippen MR) is 113 cm³/mol. The van der Waals surface area contributed by atoms with E-state index in [9.17, 15) is 4.79 Å². The maximum absolute atomic E-state index is 12.8. The molecule has 0 aliphatic rings. The van der Waals surface area contributed by atoms with E-state index in [1.165, 1.54) is 11.3 Å². The van der Waals surface area contributed by atoms with Crippen LogP contribution < -0.4 is 14.8 Å². The molecule has 1 aromatic heterocycles. The largest absolute Gasteiger partial charge is 0.493 e. The van der Waals surface area contributed by atoms with Crippen molar-refractivity contribution in [2.75, 3.05) is 14.2 Å². The average molecular weight is 417 g/mol. The maximum Gasteiger partial charge on any atom is 0.263 e. The summed E-state index contributed by atoms with van der Waals surface area (Å²) in [6.07, 6.45) is 0. The lowest BCUT2D eigenvalue weighted by molar-refractivity contribution is 0.0943. The van der Waals surface area contributed by atoms with E-state index in [-0.39, 0.29) is 11.9 Å². The third-order valence-electron chi connectivity index (χ3n) is 4.33. The van der Waals surface area contributed by atoms with Crippen molar-refractivity contribution >= 4 is 28.8 Å². The highest BCUT2D eigenvalue weighted by Gasteiger charge is 2.19. The van der Waals surface area contributed by atoms with E-state index in [1.807, 2.05) is 56.3 Å². The molecule has 2 aromatic carbocycles. The first-order valence-corrected chi connectivity index (χ1v) is 9.88. The minimum atomic E-state index is -0.205. The summed E-state index contributed by atoms with van der Waals surface area (Å²) in [6, 6.07) is 12.8. The molecule has 146 valence electrons. The molecular weight excluding hydrogens is 396 g/mol. The molecule has 0 bridgehead atoms. The summed E-state index contributed by atoms with van der Waals surface area (Å²) in [5.74, 6) is 1.11. The first-order valence-electron chi connectivity index (χ1n) is 8.69. The molecule has 1 N–H and O–H groups in total. The highest BCUT2D eigenvalue weighted by molar-refractivity contribution is 7.17. The lowest BCUT2D eigenvalue weighted by Gasteiger charge is -2.16. The second-order valence-corrected chi connectivity index (χ2v) is 7.69. The Morgan fingerprint density at radius 3 is 2.57 bits per heavy atom. The number of aromatic nitrogens is 1. The summed E-state index contributed by atoms with van der Waals surface area (Å²) in [7, 11) is 3.18. The van der Waals surface area contributed by atoms with E-state index in [4.69, 9.17) is 21.1 Å². The van der Waals surface area contributed by atoms with Gasteiger partial charge in [-0.3, -0.25) is 4.79 Å². The molecule has 5 nitrogen and oxygen atoms in total. The second-order valence-electron chi connectivity index (χ2n) is 6.25. The number of hydrogen-bond donors (Lipinski definition) is 1. The fraction of sp³-hybridized carbons (Fsp3) is 0.238. The standard InChI is InChI=1S/C21H21ClN2O3S/c1-12(14-8-9-17(26-3)18(11-14)27-4)23-20(25)19-13(2)24-21(28-19)15-6-5-7-16(22)10-15/h5-12H,1-4H3,(H,23,25). The fourth-order valence-corrected chi connectivity index (χ4v) is 3.98. The minimum Gasteiger partial charge on any atom is -0.493 e. The topological polar surface area (TPSA) is 60.5 Å². The molecule has 28 heavy (non-hydrogen) atoms. The van der Waals surface area contributed by atoms with Gasteiger partial charge in [-0.1, -0.05) is 29.8 Å². The highest BCUT2D eigenvalue weighted by atomic mass is 35.5. The molecule has 0 aliphatic carbocycles. The molecule has 0 saturated carbocycles. The molecular formula is C21H21ClN2O3S. The third-order valence-corrected chi connectivity index (χ3v) is 5.77. The average Bonchev–Trinajstić information content (AvgIpc) is 3.09. The molecule has 0 aliphatic heterocycles. The molecule has 3 aromatic rings. The number of nitrogens with zero attached hydrogens (tertiary/aromatic N) is 1. The van der Waals surface area contributed by atoms with Crippen LogP contribution in [-0.4, -0.2) is 25.1 Å². The summed E-state index contributed by atoms with van der Waals surface area (Å²) in [5, 5.41) is 4.43. The number of rotatable bonds is 6. The van der Waals surface area contributed by atoms with E-state index in [2.05, 4.69) is 10.3 Å². The predicted octanol–water partition coefficient (Wildman–Crippen LogP) is 5.28. The first kappa shape index (κ1) is 20.2. The lowest BCUT2D eigenvalue weighted by atomic mass is 10.1. The SMILES string of the molecule is COc1ccc(C(C)NC(=O)c2sc(-c3cccc(Cl)c3)nc2C)cc1OC. The zero-order valence-electron chi connectivity index (χ0n) is 16.1. The summed E-state index contributed by atoms with van der Waals surface area (Å²) < 4.78 is 10.6. The zero-order chi connectivity index (χ0) is 20.3. The number of carbonyl (C=O) groups excluding carboxylic acids is 1. The van der Waals surface area contributed by atoms with Gasteiger partial charge in [0.1, 0.15) is 9.88 Å². The van der Waals surface area contributed by atoms with Gasteiger partial charge in [0.2, 0.25) is 0 Å². The van der Waals surface area contributed by atoms with Crippen LogP contribution in [0, 0.1) is 6.92 Å². The highest BCUT2D eigenvalue weighted by Crippen LogP contribution is 2.32. The van der Waals surface area contributed by atoms with Gasteiger partial charge in [0.05, 0.1) is 26.0 Å². The first-order chi connectivity index (χ1) is 13.4. The van der Waals surface area contributed by atoms with Gasteiger partial charge in [-0.25, -0.2) is 4.98 Å². The van der Waals surface area contributed by atoms with Crippen molar-refractivity contribution in [1.29, 1.82) is 0 Å². The zero-order valence-corrected chi connectivity index (χ0v) is 17.6. The number of halogens is 1. The molecule has 3 rings (SSSR count). The van der Waals surface area contributed by atoms with Crippen LogP contribution in [0.25, 0.3) is 10.6 Å². The van der Waals surface area contributed by atoms with Crippen LogP contribution in [0.4, 0.5) is 0 Å². The van der Waals surface area contributed by atoms with Crippen LogP contribution in [0.2, 0.25) is 5.02 Å². The van der Waals surface area contributed by atoms with E-state index in [0.717, 1.165) is 16.1 Å². The van der Waals surface area contributed by atoms with Gasteiger partial charge in [0.25, 0.3) is 5.91 Å². The monoisotopic (exact) mass is 416 g/mol. The van der Waals surface area contributed by atoms with Gasteiger partial charge in [0, 0.05) is 10.6 Å². The minimum absolute atomic E-state index is 0.162. The number of ether oxygens (including phenoxy) is 2. The van der Waals surface area contributed by atoms with Crippen LogP contribution in [0.3, 0.4) is 0 Å². The molecule has 1 heterocycles. The molecule has 0 saturated heterocycles. The summed E-state index contributed by atoms with van der Waals surface area (Å²) in [5.41, 5.74) is 2.51. The second kappa shape index (κ2) is 8.63. The molecule has 1 amide bonds. The van der Waals surface area contributed by atoms with Gasteiger partial charge >= 0.3 is 0 Å². The van der Waals surface area contributed by atoms with Gasteiger partial charge in [0.15, 0.2) is 11.5 Å². The van der Waals surface area contributed by atoms with Crippen molar-refractivity contribution in [3.05, 3.63) is 63.6 Å². The normalized spacial score (nSPS) is 11.8. The van der Waals surface area contributed by atoms with Crippen LogP contribution in [0.5, 0.6) is 11.5 Å². The fourth-order valence-electron chi connectivity index (χ4n) is 2.82. The Hall–Kier alpha value is -2.57. The summed E-state index contributed by atoms with van der Waals surface area (Å²) >= 11 is 7.42. The van der Waals surface area contributed by atoms with E-state index < -0.39 is 0 Å². The maximum atomic E-state index is 12.8. The van der Waals surface area contributed by atoms with Gasteiger partial charge < -0.3 is 14.8 Å². The molecule has 0 radical (unpaired) electrons. The molecule has 1 atom stereocenters. The number of amides is 1. The summed E-state index contributed by atoms with van der Waals surface area (Å²) in [6.45, 7) is 3.76. The Balaban J connectivity index is 1.79. The number of thiazole rings is 1. The van der Waals surface area contributed by atoms with Crippen molar-refractivity contribution < 1.29 is 14.3 Å². The number of carbonyl (C=O) groups is 1. The van der Waals surface area contributed by atoms with Crippen molar-refractivity contribution in [3.63, 3.8) is 0 Å². The molecule has 7 heteroatoms. The Morgan fingerprint density at radius 1 is 1.14 bits per heavy atom. The number of methoxy groups -OCH3 is 2. The number of hydrogen-bond acceptors (Lipinski definition) is 5. The molecule has 1 unspecified atom stereocenters. The lowest BCUT2D eigenvalue weighted by Crippen LogP contribution is -2.26. The Bertz CT molecular complexity index is 1000. The Kier molecular flexibility index (Phi) is 6.21. The Morgan fingerprint density at radius 2 is 1.89 bits per heavy atom. The van der Waals surface area contributed by atoms with Crippen molar-refractivity contribution in [3.8, 4) is 22.1 Å². The quantitative estimate of drug-likeness (QED) is 0.593. The van der Waals surface area contributed by atoms with E-state index in [1.54, 1.807) is 14.2 Å². The number of benzene rings is 2. The van der Waals surface area contributed by atoms with Gasteiger partial charge in [-0.05, 0) is 43.7 Å². The summed E-state index contributed by atoms with van der Waals surface area (Å²) in [4.78, 5) is 17.9. The van der Waals surface area contributed by atoms with Gasteiger partial charge in [-0.2, -0.15) is 0 Å². The van der Waals surface area contributed by atoms with E-state index >= 15 is 0 Å². The van der Waals surface area contributed by atoms with Crippen molar-refractivity contribution in [2.24, 2.45) is 0 Å². The van der Waals surface area contributed by atoms with Crippen LogP contribution in [0.15, 0.2) is 42.5 Å². The van der Waals surface area contributed by atoms with Crippen LogP contribution in [0.1, 0.15) is 33.9 Å². The van der Waals surface area contributed by atoms with Crippen molar-refractivity contribution in [2.45, 2.75) is 19.9 Å². The Labute approximate surface area is 173 Å². The smallest absolute Gasteiger partial charge is 0.263 e. The van der Waals surface area contributed by atoms with Gasteiger partial charge in [-0.15, -0.1) is 11.3 Å². The van der Waals surface area contributed by atoms with E-state index in [0.29, 0.717) is 27.1 Å². The molecule has 0 spiro atoms. The molecule has 0 fully saturated rings. The number of aryl methyl sites for hydroxylation is 1. The third kappa shape index (κ3) is 4.29. The number of nitrogens with one attached hydrogen (secondary N) is 1. The van der Waals surface area contributed by atoms with Crippen LogP contribution >= 0.6 is 22.9 Å². The van der Waals surface area contributed by atoms with Crippen LogP contribution in [-0.2, 0) is 0 Å². The van der Waals surface area contributed by atoms with Crippen molar-refractivity contribution in [1.82, 2.24) is 10.3 Å².